The minimum absolute atomic E-state index is 0.161. The van der Waals surface area contributed by atoms with E-state index >= 15 is 0 Å². The normalized spacial score (nSPS) is 15.0. The molecule has 22 heavy (non-hydrogen) atoms. The number of benzene rings is 1. The summed E-state index contributed by atoms with van der Waals surface area (Å²) < 4.78 is 7.24. The highest BCUT2D eigenvalue weighted by molar-refractivity contribution is 9.10. The topological polar surface area (TPSA) is 42.4 Å². The van der Waals surface area contributed by atoms with Crippen molar-refractivity contribution in [1.29, 1.82) is 0 Å². The fourth-order valence-corrected chi connectivity index (χ4v) is 4.11. The standard InChI is InChI=1S/C15H15BrN2O2S2/c16-12-3-1-11(2-4-12)13-9-21-15(17-13)22-10-14(19)18-5-7-20-8-6-18/h1-4,9H,5-8,10H2. The highest BCUT2D eigenvalue weighted by atomic mass is 79.9. The first-order valence-electron chi connectivity index (χ1n) is 6.92. The molecule has 0 saturated carbocycles. The first kappa shape index (κ1) is 16.0. The van der Waals surface area contributed by atoms with Crippen LogP contribution < -0.4 is 0 Å². The predicted molar refractivity (Wildman–Crippen MR) is 93.4 cm³/mol. The number of hydrogen-bond acceptors (Lipinski definition) is 5. The van der Waals surface area contributed by atoms with E-state index in [4.69, 9.17) is 4.74 Å². The van der Waals surface area contributed by atoms with E-state index in [0.717, 1.165) is 20.1 Å². The van der Waals surface area contributed by atoms with Gasteiger partial charge < -0.3 is 9.64 Å². The van der Waals surface area contributed by atoms with Crippen LogP contribution in [0, 0.1) is 0 Å². The third-order valence-corrected chi connectivity index (χ3v) is 5.84. The zero-order valence-electron chi connectivity index (χ0n) is 11.8. The monoisotopic (exact) mass is 398 g/mol. The molecule has 1 fully saturated rings. The Morgan fingerprint density at radius 2 is 2.05 bits per heavy atom. The van der Waals surface area contributed by atoms with Crippen LogP contribution in [0.2, 0.25) is 0 Å². The Hall–Kier alpha value is -0.890. The number of hydrogen-bond donors (Lipinski definition) is 0. The number of ether oxygens (including phenoxy) is 1. The van der Waals surface area contributed by atoms with Crippen LogP contribution in [0.25, 0.3) is 11.3 Å². The Kier molecular flexibility index (Phi) is 5.51. The van der Waals surface area contributed by atoms with Gasteiger partial charge in [0.15, 0.2) is 4.34 Å². The second kappa shape index (κ2) is 7.59. The maximum absolute atomic E-state index is 12.1. The van der Waals surface area contributed by atoms with E-state index in [9.17, 15) is 4.79 Å². The molecule has 0 atom stereocenters. The number of carbonyl (C=O) groups excluding carboxylic acids is 1. The zero-order chi connectivity index (χ0) is 15.4. The molecular formula is C15H15BrN2O2S2. The van der Waals surface area contributed by atoms with Crippen molar-refractivity contribution in [2.45, 2.75) is 4.34 Å². The van der Waals surface area contributed by atoms with E-state index in [-0.39, 0.29) is 5.91 Å². The molecular weight excluding hydrogens is 384 g/mol. The van der Waals surface area contributed by atoms with Gasteiger partial charge in [0, 0.05) is 28.5 Å². The van der Waals surface area contributed by atoms with Crippen LogP contribution in [0.15, 0.2) is 38.5 Å². The lowest BCUT2D eigenvalue weighted by molar-refractivity contribution is -0.132. The van der Waals surface area contributed by atoms with Gasteiger partial charge in [-0.1, -0.05) is 39.8 Å². The third kappa shape index (κ3) is 4.10. The van der Waals surface area contributed by atoms with Crippen LogP contribution in [0.3, 0.4) is 0 Å². The highest BCUT2D eigenvalue weighted by Crippen LogP contribution is 2.29. The van der Waals surface area contributed by atoms with Gasteiger partial charge in [0.25, 0.3) is 0 Å². The Balaban J connectivity index is 1.57. The van der Waals surface area contributed by atoms with Crippen LogP contribution in [-0.2, 0) is 9.53 Å². The second-order valence-corrected chi connectivity index (χ2v) is 7.78. The summed E-state index contributed by atoms with van der Waals surface area (Å²) in [5.41, 5.74) is 2.05. The summed E-state index contributed by atoms with van der Waals surface area (Å²) in [6.07, 6.45) is 0. The maximum Gasteiger partial charge on any atom is 0.233 e. The van der Waals surface area contributed by atoms with E-state index in [1.807, 2.05) is 34.5 Å². The van der Waals surface area contributed by atoms with Gasteiger partial charge in [0.1, 0.15) is 0 Å². The van der Waals surface area contributed by atoms with Gasteiger partial charge in [-0.05, 0) is 12.1 Å². The summed E-state index contributed by atoms with van der Waals surface area (Å²) in [5, 5.41) is 2.03. The predicted octanol–water partition coefficient (Wildman–Crippen LogP) is 3.52. The number of halogens is 1. The number of thioether (sulfide) groups is 1. The van der Waals surface area contributed by atoms with E-state index in [2.05, 4.69) is 20.9 Å². The van der Waals surface area contributed by atoms with Crippen molar-refractivity contribution in [3.8, 4) is 11.3 Å². The molecule has 0 N–H and O–H groups in total. The average molecular weight is 399 g/mol. The van der Waals surface area contributed by atoms with Crippen molar-refractivity contribution in [2.75, 3.05) is 32.1 Å². The molecule has 0 unspecified atom stereocenters. The number of aromatic nitrogens is 1. The van der Waals surface area contributed by atoms with Crippen LogP contribution in [0.5, 0.6) is 0 Å². The molecule has 2 aromatic rings. The summed E-state index contributed by atoms with van der Waals surface area (Å²) in [6.45, 7) is 2.67. The van der Waals surface area contributed by atoms with Gasteiger partial charge >= 0.3 is 0 Å². The van der Waals surface area contributed by atoms with Gasteiger partial charge in [-0.3, -0.25) is 4.79 Å². The first-order chi connectivity index (χ1) is 10.7. The Bertz CT molecular complexity index is 639. The molecule has 0 spiro atoms. The van der Waals surface area contributed by atoms with Gasteiger partial charge in [0.05, 0.1) is 24.7 Å². The molecule has 2 heterocycles. The van der Waals surface area contributed by atoms with E-state index in [1.54, 1.807) is 11.3 Å². The number of morpholine rings is 1. The van der Waals surface area contributed by atoms with Crippen molar-refractivity contribution in [3.63, 3.8) is 0 Å². The van der Waals surface area contributed by atoms with Crippen molar-refractivity contribution in [1.82, 2.24) is 9.88 Å². The molecule has 7 heteroatoms. The molecule has 1 aromatic carbocycles. The SMILES string of the molecule is O=C(CSc1nc(-c2ccc(Br)cc2)cs1)N1CCOCC1. The van der Waals surface area contributed by atoms with Crippen molar-refractivity contribution in [3.05, 3.63) is 34.1 Å². The molecule has 0 aliphatic carbocycles. The summed E-state index contributed by atoms with van der Waals surface area (Å²) in [6, 6.07) is 8.08. The minimum atomic E-state index is 0.161. The average Bonchev–Trinajstić information content (AvgIpc) is 3.03. The lowest BCUT2D eigenvalue weighted by atomic mass is 10.2. The molecule has 3 rings (SSSR count). The van der Waals surface area contributed by atoms with E-state index in [1.165, 1.54) is 11.8 Å². The molecule has 1 amide bonds. The molecule has 0 radical (unpaired) electrons. The second-order valence-electron chi connectivity index (χ2n) is 4.79. The fraction of sp³-hybridized carbons (Fsp3) is 0.333. The lowest BCUT2D eigenvalue weighted by Crippen LogP contribution is -2.41. The number of nitrogens with zero attached hydrogens (tertiary/aromatic N) is 2. The van der Waals surface area contributed by atoms with Crippen molar-refractivity contribution >= 4 is 44.9 Å². The summed E-state index contributed by atoms with van der Waals surface area (Å²) in [7, 11) is 0. The summed E-state index contributed by atoms with van der Waals surface area (Å²) in [4.78, 5) is 18.6. The van der Waals surface area contributed by atoms with Crippen LogP contribution in [0.4, 0.5) is 0 Å². The van der Waals surface area contributed by atoms with Gasteiger partial charge in [-0.15, -0.1) is 11.3 Å². The molecule has 1 aromatic heterocycles. The Labute approximate surface area is 146 Å². The van der Waals surface area contributed by atoms with Crippen molar-refractivity contribution < 1.29 is 9.53 Å². The molecule has 1 saturated heterocycles. The molecule has 0 bridgehead atoms. The number of rotatable bonds is 4. The molecule has 1 aliphatic rings. The first-order valence-corrected chi connectivity index (χ1v) is 9.58. The summed E-state index contributed by atoms with van der Waals surface area (Å²) in [5.74, 6) is 0.599. The number of thiazole rings is 1. The molecule has 1 aliphatic heterocycles. The molecule has 116 valence electrons. The number of carbonyl (C=O) groups is 1. The quantitative estimate of drug-likeness (QED) is 0.738. The lowest BCUT2D eigenvalue weighted by Gasteiger charge is -2.26. The van der Waals surface area contributed by atoms with Crippen LogP contribution in [0.1, 0.15) is 0 Å². The minimum Gasteiger partial charge on any atom is -0.378 e. The number of amides is 1. The largest absolute Gasteiger partial charge is 0.378 e. The van der Waals surface area contributed by atoms with Crippen LogP contribution >= 0.6 is 39.0 Å². The zero-order valence-corrected chi connectivity index (χ0v) is 15.0. The fourth-order valence-electron chi connectivity index (χ4n) is 2.10. The van der Waals surface area contributed by atoms with Gasteiger partial charge in [-0.25, -0.2) is 4.98 Å². The van der Waals surface area contributed by atoms with E-state index in [0.29, 0.717) is 32.1 Å². The van der Waals surface area contributed by atoms with E-state index < -0.39 is 0 Å². The van der Waals surface area contributed by atoms with Gasteiger partial charge in [-0.2, -0.15) is 0 Å². The van der Waals surface area contributed by atoms with Gasteiger partial charge in [0.2, 0.25) is 5.91 Å². The van der Waals surface area contributed by atoms with Crippen LogP contribution in [-0.4, -0.2) is 47.8 Å². The Morgan fingerprint density at radius 3 is 2.77 bits per heavy atom. The maximum atomic E-state index is 12.1. The third-order valence-electron chi connectivity index (χ3n) is 3.31. The Morgan fingerprint density at radius 1 is 1.32 bits per heavy atom. The molecule has 4 nitrogen and oxygen atoms in total. The highest BCUT2D eigenvalue weighted by Gasteiger charge is 2.17. The summed E-state index contributed by atoms with van der Waals surface area (Å²) >= 11 is 6.52. The smallest absolute Gasteiger partial charge is 0.233 e. The van der Waals surface area contributed by atoms with Crippen molar-refractivity contribution in [2.24, 2.45) is 0 Å².